The van der Waals surface area contributed by atoms with Crippen LogP contribution in [-0.4, -0.2) is 22.4 Å². The number of rotatable bonds is 3. The van der Waals surface area contributed by atoms with Gasteiger partial charge in [-0.1, -0.05) is 0 Å². The van der Waals surface area contributed by atoms with Gasteiger partial charge in [-0.15, -0.1) is 0 Å². The molecule has 1 heterocycles. The van der Waals surface area contributed by atoms with Crippen LogP contribution in [0.25, 0.3) is 5.69 Å². The molecule has 0 unspecified atom stereocenters. The molecule has 0 atom stereocenters. The number of hydrogen-bond donors (Lipinski definition) is 0. The molecule has 2 rings (SSSR count). The predicted octanol–water partition coefficient (Wildman–Crippen LogP) is 3.52. The predicted molar refractivity (Wildman–Crippen MR) is 69.2 cm³/mol. The van der Waals surface area contributed by atoms with E-state index < -0.39 is 23.5 Å². The molecule has 1 aromatic carbocycles. The van der Waals surface area contributed by atoms with Gasteiger partial charge in [-0.2, -0.15) is 18.3 Å². The number of aryl methyl sites for hydroxylation is 1. The topological polar surface area (TPSA) is 44.1 Å². The Morgan fingerprint density at radius 1 is 1.32 bits per heavy atom. The molecule has 8 heteroatoms. The van der Waals surface area contributed by atoms with Gasteiger partial charge in [-0.25, -0.2) is 13.9 Å². The minimum Gasteiger partial charge on any atom is -0.461 e. The molecule has 0 bridgehead atoms. The first-order chi connectivity index (χ1) is 10.2. The van der Waals surface area contributed by atoms with E-state index in [4.69, 9.17) is 4.74 Å². The normalized spacial score (nSPS) is 11.5. The van der Waals surface area contributed by atoms with Crippen LogP contribution < -0.4 is 0 Å². The van der Waals surface area contributed by atoms with E-state index in [0.717, 1.165) is 12.1 Å². The van der Waals surface area contributed by atoms with Crippen molar-refractivity contribution in [2.24, 2.45) is 0 Å². The molecule has 118 valence electrons. The molecule has 22 heavy (non-hydrogen) atoms. The van der Waals surface area contributed by atoms with Crippen LogP contribution in [0.5, 0.6) is 0 Å². The largest absolute Gasteiger partial charge is 0.461 e. The first kappa shape index (κ1) is 16.0. The van der Waals surface area contributed by atoms with Crippen molar-refractivity contribution in [3.05, 3.63) is 47.0 Å². The van der Waals surface area contributed by atoms with E-state index in [-0.39, 0.29) is 18.0 Å². The second-order valence-corrected chi connectivity index (χ2v) is 4.47. The minimum atomic E-state index is -4.77. The Morgan fingerprint density at radius 3 is 2.55 bits per heavy atom. The summed E-state index contributed by atoms with van der Waals surface area (Å²) in [5.74, 6) is -2.06. The van der Waals surface area contributed by atoms with Crippen molar-refractivity contribution in [3.63, 3.8) is 0 Å². The number of esters is 1. The van der Waals surface area contributed by atoms with E-state index in [1.54, 1.807) is 13.8 Å². The smallest absolute Gasteiger partial charge is 0.419 e. The van der Waals surface area contributed by atoms with Crippen LogP contribution in [0.1, 0.15) is 28.7 Å². The lowest BCUT2D eigenvalue weighted by atomic mass is 10.2. The lowest BCUT2D eigenvalue weighted by Gasteiger charge is -2.10. The maximum atomic E-state index is 13.6. The van der Waals surface area contributed by atoms with Crippen molar-refractivity contribution in [1.82, 2.24) is 9.78 Å². The van der Waals surface area contributed by atoms with Crippen molar-refractivity contribution < 1.29 is 27.1 Å². The van der Waals surface area contributed by atoms with Crippen LogP contribution in [-0.2, 0) is 10.9 Å². The average Bonchev–Trinajstić information content (AvgIpc) is 2.79. The highest BCUT2D eigenvalue weighted by Gasteiger charge is 2.34. The molecule has 0 fully saturated rings. The molecule has 0 amide bonds. The summed E-state index contributed by atoms with van der Waals surface area (Å²) >= 11 is 0. The van der Waals surface area contributed by atoms with Gasteiger partial charge in [0.1, 0.15) is 5.82 Å². The molecule has 1 aromatic heterocycles. The fraction of sp³-hybridized carbons (Fsp3) is 0.286. The fourth-order valence-electron chi connectivity index (χ4n) is 1.91. The van der Waals surface area contributed by atoms with E-state index in [1.807, 2.05) is 0 Å². The molecular formula is C14H12F4N2O2. The van der Waals surface area contributed by atoms with Crippen LogP contribution in [0.3, 0.4) is 0 Å². The quantitative estimate of drug-likeness (QED) is 0.643. The van der Waals surface area contributed by atoms with Crippen molar-refractivity contribution in [2.45, 2.75) is 20.0 Å². The number of carbonyl (C=O) groups is 1. The number of hydrogen-bond acceptors (Lipinski definition) is 3. The highest BCUT2D eigenvalue weighted by molar-refractivity contribution is 5.87. The standard InChI is InChI=1S/C14H12F4N2O2/c1-3-22-13(21)12-6-8(2)20(19-12)9-4-5-10(11(15)7-9)14(16,17)18/h4-7H,3H2,1-2H3. The first-order valence-electron chi connectivity index (χ1n) is 6.35. The van der Waals surface area contributed by atoms with Crippen LogP contribution in [0.15, 0.2) is 24.3 Å². The third-order valence-corrected chi connectivity index (χ3v) is 2.87. The summed E-state index contributed by atoms with van der Waals surface area (Å²) in [6.07, 6.45) is -4.77. The third-order valence-electron chi connectivity index (χ3n) is 2.87. The summed E-state index contributed by atoms with van der Waals surface area (Å²) in [7, 11) is 0. The van der Waals surface area contributed by atoms with Gasteiger partial charge in [-0.05, 0) is 32.0 Å². The van der Waals surface area contributed by atoms with Crippen molar-refractivity contribution in [1.29, 1.82) is 0 Å². The van der Waals surface area contributed by atoms with E-state index >= 15 is 0 Å². The monoisotopic (exact) mass is 316 g/mol. The maximum Gasteiger partial charge on any atom is 0.419 e. The Bertz CT molecular complexity index is 707. The third kappa shape index (κ3) is 3.10. The zero-order valence-electron chi connectivity index (χ0n) is 11.7. The average molecular weight is 316 g/mol. The van der Waals surface area contributed by atoms with Crippen molar-refractivity contribution >= 4 is 5.97 Å². The summed E-state index contributed by atoms with van der Waals surface area (Å²) in [6, 6.07) is 3.85. The van der Waals surface area contributed by atoms with Gasteiger partial charge in [0.25, 0.3) is 0 Å². The highest BCUT2D eigenvalue weighted by Crippen LogP contribution is 2.32. The second-order valence-electron chi connectivity index (χ2n) is 4.47. The Morgan fingerprint density at radius 2 is 2.00 bits per heavy atom. The number of aromatic nitrogens is 2. The molecule has 0 saturated carbocycles. The Hall–Kier alpha value is -2.38. The Labute approximate surface area is 123 Å². The molecule has 0 spiro atoms. The molecule has 0 radical (unpaired) electrons. The lowest BCUT2D eigenvalue weighted by Crippen LogP contribution is -2.10. The summed E-state index contributed by atoms with van der Waals surface area (Å²) in [4.78, 5) is 11.6. The molecule has 0 aliphatic rings. The van der Waals surface area contributed by atoms with Gasteiger partial charge in [0.2, 0.25) is 0 Å². The minimum absolute atomic E-state index is 0.000318. The van der Waals surface area contributed by atoms with Gasteiger partial charge >= 0.3 is 12.1 Å². The van der Waals surface area contributed by atoms with Gasteiger partial charge < -0.3 is 4.74 Å². The highest BCUT2D eigenvalue weighted by atomic mass is 19.4. The fourth-order valence-corrected chi connectivity index (χ4v) is 1.91. The first-order valence-corrected chi connectivity index (χ1v) is 6.35. The summed E-state index contributed by atoms with van der Waals surface area (Å²) in [6.45, 7) is 3.39. The van der Waals surface area contributed by atoms with E-state index in [0.29, 0.717) is 11.8 Å². The number of alkyl halides is 3. The van der Waals surface area contributed by atoms with Gasteiger partial charge in [0, 0.05) is 11.8 Å². The molecule has 0 aliphatic carbocycles. The van der Waals surface area contributed by atoms with Gasteiger partial charge in [0.05, 0.1) is 17.9 Å². The number of carbonyl (C=O) groups excluding carboxylic acids is 1. The van der Waals surface area contributed by atoms with Crippen LogP contribution in [0.4, 0.5) is 17.6 Å². The zero-order chi connectivity index (χ0) is 16.5. The number of halogens is 4. The maximum absolute atomic E-state index is 13.6. The summed E-state index contributed by atoms with van der Waals surface area (Å²) in [5, 5.41) is 3.93. The molecule has 4 nitrogen and oxygen atoms in total. The Kier molecular flexibility index (Phi) is 4.20. The van der Waals surface area contributed by atoms with E-state index in [9.17, 15) is 22.4 Å². The van der Waals surface area contributed by atoms with E-state index in [1.165, 1.54) is 10.7 Å². The van der Waals surface area contributed by atoms with Gasteiger partial charge in [0.15, 0.2) is 5.69 Å². The van der Waals surface area contributed by atoms with Crippen LogP contribution in [0.2, 0.25) is 0 Å². The molecule has 0 saturated heterocycles. The SMILES string of the molecule is CCOC(=O)c1cc(C)n(-c2ccc(C(F)(F)F)c(F)c2)n1. The second kappa shape index (κ2) is 5.78. The van der Waals surface area contributed by atoms with Crippen molar-refractivity contribution in [2.75, 3.05) is 6.61 Å². The molecule has 0 N–H and O–H groups in total. The molecule has 2 aromatic rings. The molecular weight excluding hydrogens is 304 g/mol. The summed E-state index contributed by atoms with van der Waals surface area (Å²) < 4.78 is 57.2. The zero-order valence-corrected chi connectivity index (χ0v) is 11.7. The van der Waals surface area contributed by atoms with Crippen LogP contribution in [0, 0.1) is 12.7 Å². The number of nitrogens with zero attached hydrogens (tertiary/aromatic N) is 2. The number of benzene rings is 1. The lowest BCUT2D eigenvalue weighted by molar-refractivity contribution is -0.140. The Balaban J connectivity index is 2.41. The van der Waals surface area contributed by atoms with E-state index in [2.05, 4.69) is 5.10 Å². The van der Waals surface area contributed by atoms with Crippen molar-refractivity contribution in [3.8, 4) is 5.69 Å². The molecule has 0 aliphatic heterocycles. The van der Waals surface area contributed by atoms with Crippen LogP contribution >= 0.6 is 0 Å². The van der Waals surface area contributed by atoms with Gasteiger partial charge in [-0.3, -0.25) is 0 Å². The summed E-state index contributed by atoms with van der Waals surface area (Å²) in [5.41, 5.74) is -0.813. The number of ether oxygens (including phenoxy) is 1.